The smallest absolute Gasteiger partial charge is 0.246 e. The molecule has 0 saturated heterocycles. The molecule has 1 amide bonds. The summed E-state index contributed by atoms with van der Waals surface area (Å²) < 4.78 is 0. The maximum Gasteiger partial charge on any atom is 0.246 e. The Morgan fingerprint density at radius 3 is 2.67 bits per heavy atom. The summed E-state index contributed by atoms with van der Waals surface area (Å²) in [5, 5.41) is 6.40. The number of hydrogen-bond donors (Lipinski definition) is 2. The molecule has 27 heavy (non-hydrogen) atoms. The average Bonchev–Trinajstić information content (AvgIpc) is 3.07. The van der Waals surface area contributed by atoms with Gasteiger partial charge in [-0.05, 0) is 43.0 Å². The lowest BCUT2D eigenvalue weighted by Crippen LogP contribution is -2.44. The molecule has 0 bridgehead atoms. The number of aryl methyl sites for hydroxylation is 2. The fourth-order valence-corrected chi connectivity index (χ4v) is 3.30. The predicted molar refractivity (Wildman–Crippen MR) is 122 cm³/mol. The Kier molecular flexibility index (Phi) is 7.65. The normalized spacial score (nSPS) is 13.0. The molecule has 0 atom stereocenters. The van der Waals surface area contributed by atoms with Gasteiger partial charge >= 0.3 is 0 Å². The van der Waals surface area contributed by atoms with Crippen LogP contribution in [0.15, 0.2) is 47.5 Å². The lowest BCUT2D eigenvalue weighted by Gasteiger charge is -2.19. The van der Waals surface area contributed by atoms with Crippen molar-refractivity contribution >= 4 is 41.5 Å². The van der Waals surface area contributed by atoms with Gasteiger partial charge in [-0.15, -0.1) is 24.0 Å². The zero-order chi connectivity index (χ0) is 18.5. The zero-order valence-electron chi connectivity index (χ0n) is 16.1. The number of hydrogen-bond acceptors (Lipinski definition) is 2. The fraction of sp³-hybridized carbons (Fsp3) is 0.333. The second kappa shape index (κ2) is 9.73. The van der Waals surface area contributed by atoms with Crippen LogP contribution in [0.4, 0.5) is 5.69 Å². The van der Waals surface area contributed by atoms with Crippen LogP contribution in [0.25, 0.3) is 0 Å². The third kappa shape index (κ3) is 5.22. The molecular weight excluding hydrogens is 451 g/mol. The summed E-state index contributed by atoms with van der Waals surface area (Å²) in [6.07, 6.45) is 0.918. The number of para-hydroxylation sites is 1. The first-order chi connectivity index (χ1) is 12.6. The van der Waals surface area contributed by atoms with Crippen LogP contribution in [0, 0.1) is 13.8 Å². The highest BCUT2D eigenvalue weighted by atomic mass is 127. The van der Waals surface area contributed by atoms with E-state index in [1.165, 1.54) is 22.3 Å². The first-order valence-corrected chi connectivity index (χ1v) is 8.97. The van der Waals surface area contributed by atoms with E-state index in [2.05, 4.69) is 53.7 Å². The van der Waals surface area contributed by atoms with Gasteiger partial charge in [-0.1, -0.05) is 42.0 Å². The number of rotatable bonds is 4. The molecule has 1 heterocycles. The summed E-state index contributed by atoms with van der Waals surface area (Å²) in [6, 6.07) is 14.5. The first-order valence-electron chi connectivity index (χ1n) is 8.97. The Balaban J connectivity index is 0.00000261. The van der Waals surface area contributed by atoms with Crippen LogP contribution < -0.4 is 15.5 Å². The number of nitrogens with zero attached hydrogens (tertiary/aromatic N) is 2. The molecule has 2 aromatic rings. The average molecular weight is 478 g/mol. The summed E-state index contributed by atoms with van der Waals surface area (Å²) >= 11 is 0. The van der Waals surface area contributed by atoms with E-state index in [1.807, 2.05) is 23.1 Å². The van der Waals surface area contributed by atoms with E-state index in [4.69, 9.17) is 0 Å². The van der Waals surface area contributed by atoms with E-state index in [1.54, 1.807) is 7.05 Å². The second-order valence-corrected chi connectivity index (χ2v) is 6.63. The van der Waals surface area contributed by atoms with E-state index in [9.17, 15) is 4.79 Å². The number of carbonyl (C=O) groups excluding carboxylic acids is 1. The number of benzene rings is 2. The molecule has 3 rings (SSSR count). The fourth-order valence-electron chi connectivity index (χ4n) is 3.30. The molecule has 2 aromatic carbocycles. The first kappa shape index (κ1) is 21.2. The Morgan fingerprint density at radius 2 is 1.93 bits per heavy atom. The Bertz CT molecular complexity index is 835. The molecule has 1 aliphatic heterocycles. The van der Waals surface area contributed by atoms with E-state index < -0.39 is 0 Å². The minimum absolute atomic E-state index is 0. The Hall–Kier alpha value is -2.09. The van der Waals surface area contributed by atoms with Crippen molar-refractivity contribution in [2.45, 2.75) is 26.8 Å². The predicted octanol–water partition coefficient (Wildman–Crippen LogP) is 3.18. The number of guanidine groups is 1. The Morgan fingerprint density at radius 1 is 1.15 bits per heavy atom. The standard InChI is InChI=1S/C21H26N4O.HI/c1-15-8-9-18(16(2)12-15)13-23-21(22-3)24-14-20(26)25-11-10-17-6-4-5-7-19(17)25;/h4-9,12H,10-11,13-14H2,1-3H3,(H2,22,23,24);1H. The van der Waals surface area contributed by atoms with Gasteiger partial charge in [0.25, 0.3) is 0 Å². The summed E-state index contributed by atoms with van der Waals surface area (Å²) in [5.74, 6) is 0.690. The van der Waals surface area contributed by atoms with Gasteiger partial charge in [0.15, 0.2) is 5.96 Å². The largest absolute Gasteiger partial charge is 0.352 e. The molecule has 0 aliphatic carbocycles. The topological polar surface area (TPSA) is 56.7 Å². The van der Waals surface area contributed by atoms with Crippen LogP contribution in [0.3, 0.4) is 0 Å². The second-order valence-electron chi connectivity index (χ2n) is 6.63. The van der Waals surface area contributed by atoms with Gasteiger partial charge in [-0.25, -0.2) is 0 Å². The SMILES string of the molecule is CN=C(NCC(=O)N1CCc2ccccc21)NCc1ccc(C)cc1C.I. The van der Waals surface area contributed by atoms with Crippen LogP contribution in [0.5, 0.6) is 0 Å². The van der Waals surface area contributed by atoms with Crippen molar-refractivity contribution < 1.29 is 4.79 Å². The third-order valence-electron chi connectivity index (χ3n) is 4.76. The van der Waals surface area contributed by atoms with Crippen molar-refractivity contribution in [3.05, 3.63) is 64.7 Å². The van der Waals surface area contributed by atoms with Crippen molar-refractivity contribution in [3.8, 4) is 0 Å². The number of anilines is 1. The molecule has 0 aromatic heterocycles. The highest BCUT2D eigenvalue weighted by molar-refractivity contribution is 14.0. The molecule has 0 spiro atoms. The molecular formula is C21H27IN4O. The van der Waals surface area contributed by atoms with E-state index in [-0.39, 0.29) is 36.4 Å². The van der Waals surface area contributed by atoms with Crippen LogP contribution in [-0.2, 0) is 17.8 Å². The molecule has 144 valence electrons. The molecule has 6 heteroatoms. The molecule has 5 nitrogen and oxygen atoms in total. The molecule has 0 unspecified atom stereocenters. The van der Waals surface area contributed by atoms with E-state index >= 15 is 0 Å². The highest BCUT2D eigenvalue weighted by Gasteiger charge is 2.23. The highest BCUT2D eigenvalue weighted by Crippen LogP contribution is 2.27. The molecule has 0 saturated carbocycles. The minimum Gasteiger partial charge on any atom is -0.352 e. The van der Waals surface area contributed by atoms with E-state index in [0.717, 1.165) is 18.7 Å². The Labute approximate surface area is 178 Å². The zero-order valence-corrected chi connectivity index (χ0v) is 18.4. The number of amides is 1. The van der Waals surface area contributed by atoms with Gasteiger partial charge in [0.05, 0.1) is 6.54 Å². The molecule has 0 fully saturated rings. The lowest BCUT2D eigenvalue weighted by molar-refractivity contribution is -0.117. The maximum atomic E-state index is 12.6. The number of fused-ring (bicyclic) bond motifs is 1. The van der Waals surface area contributed by atoms with Crippen molar-refractivity contribution in [3.63, 3.8) is 0 Å². The van der Waals surface area contributed by atoms with Gasteiger partial charge < -0.3 is 15.5 Å². The van der Waals surface area contributed by atoms with Crippen LogP contribution in [0.1, 0.15) is 22.3 Å². The maximum absolute atomic E-state index is 12.6. The van der Waals surface area contributed by atoms with Gasteiger partial charge in [0.2, 0.25) is 5.91 Å². The lowest BCUT2D eigenvalue weighted by atomic mass is 10.1. The summed E-state index contributed by atoms with van der Waals surface area (Å²) in [5.41, 5.74) is 5.98. The van der Waals surface area contributed by atoms with Crippen molar-refractivity contribution in [1.29, 1.82) is 0 Å². The van der Waals surface area contributed by atoms with Crippen LogP contribution in [-0.4, -0.2) is 32.0 Å². The molecule has 2 N–H and O–H groups in total. The molecule has 0 radical (unpaired) electrons. The minimum atomic E-state index is 0. The summed E-state index contributed by atoms with van der Waals surface area (Å²) in [6.45, 7) is 5.84. The van der Waals surface area contributed by atoms with Crippen molar-refractivity contribution in [2.24, 2.45) is 4.99 Å². The third-order valence-corrected chi connectivity index (χ3v) is 4.76. The quantitative estimate of drug-likeness (QED) is 0.404. The monoisotopic (exact) mass is 478 g/mol. The van der Waals surface area contributed by atoms with Crippen molar-refractivity contribution in [1.82, 2.24) is 10.6 Å². The van der Waals surface area contributed by atoms with Crippen molar-refractivity contribution in [2.75, 3.05) is 25.0 Å². The van der Waals surface area contributed by atoms with Gasteiger partial charge in [0, 0.05) is 25.8 Å². The molecule has 1 aliphatic rings. The van der Waals surface area contributed by atoms with Gasteiger partial charge in [0.1, 0.15) is 0 Å². The van der Waals surface area contributed by atoms with Gasteiger partial charge in [-0.2, -0.15) is 0 Å². The number of nitrogens with one attached hydrogen (secondary N) is 2. The number of carbonyl (C=O) groups is 1. The van der Waals surface area contributed by atoms with Gasteiger partial charge in [-0.3, -0.25) is 9.79 Å². The summed E-state index contributed by atoms with van der Waals surface area (Å²) in [7, 11) is 1.72. The van der Waals surface area contributed by atoms with Crippen LogP contribution in [0.2, 0.25) is 0 Å². The number of aliphatic imine (C=N–C) groups is 1. The number of halogens is 1. The van der Waals surface area contributed by atoms with Crippen LogP contribution >= 0.6 is 24.0 Å². The summed E-state index contributed by atoms with van der Waals surface area (Å²) in [4.78, 5) is 18.6. The van der Waals surface area contributed by atoms with E-state index in [0.29, 0.717) is 12.5 Å².